The molecule has 40 heavy (non-hydrogen) atoms. The number of amidine groups is 1. The molecular weight excluding hydrogens is 534 g/mol. The molecule has 3 aliphatic heterocycles. The zero-order valence-electron chi connectivity index (χ0n) is 23.9. The van der Waals surface area contributed by atoms with Crippen molar-refractivity contribution < 1.29 is 33.3 Å². The molecular formula is C29H37N3O7S. The number of piperidine rings is 1. The lowest BCUT2D eigenvalue weighted by molar-refractivity contribution is -0.151. The molecule has 1 atom stereocenters. The molecule has 1 amide bonds. The van der Waals surface area contributed by atoms with Gasteiger partial charge in [-0.3, -0.25) is 9.59 Å². The second kappa shape index (κ2) is 12.8. The Kier molecular flexibility index (Phi) is 9.44. The maximum atomic E-state index is 13.5. The first-order valence-electron chi connectivity index (χ1n) is 13.5. The van der Waals surface area contributed by atoms with Gasteiger partial charge in [-0.15, -0.1) is 0 Å². The molecule has 0 radical (unpaired) electrons. The van der Waals surface area contributed by atoms with E-state index in [4.69, 9.17) is 23.9 Å². The maximum absolute atomic E-state index is 13.5. The monoisotopic (exact) mass is 571 g/mol. The Bertz CT molecular complexity index is 1250. The zero-order chi connectivity index (χ0) is 29.0. The molecule has 3 heterocycles. The maximum Gasteiger partial charge on any atom is 0.338 e. The van der Waals surface area contributed by atoms with Crippen LogP contribution in [0.4, 0.5) is 0 Å². The van der Waals surface area contributed by atoms with Crippen LogP contribution in [0.15, 0.2) is 45.6 Å². The van der Waals surface area contributed by atoms with E-state index in [0.717, 1.165) is 11.3 Å². The van der Waals surface area contributed by atoms with Gasteiger partial charge in [0.15, 0.2) is 5.17 Å². The van der Waals surface area contributed by atoms with Crippen molar-refractivity contribution in [2.75, 3.05) is 33.9 Å². The number of esters is 2. The fourth-order valence-electron chi connectivity index (χ4n) is 5.14. The second-order valence-electron chi connectivity index (χ2n) is 10.0. The van der Waals surface area contributed by atoms with Gasteiger partial charge in [-0.2, -0.15) is 0 Å². The third-order valence-electron chi connectivity index (χ3n) is 7.10. The van der Waals surface area contributed by atoms with Crippen molar-refractivity contribution in [3.8, 4) is 11.5 Å². The minimum absolute atomic E-state index is 0.0477. The molecule has 216 valence electrons. The summed E-state index contributed by atoms with van der Waals surface area (Å²) in [6, 6.07) is 4.83. The van der Waals surface area contributed by atoms with Gasteiger partial charge in [0.2, 0.25) is 5.91 Å². The predicted molar refractivity (Wildman–Crippen MR) is 152 cm³/mol. The number of nitrogens with zero attached hydrogens (tertiary/aromatic N) is 3. The van der Waals surface area contributed by atoms with Crippen molar-refractivity contribution in [3.63, 3.8) is 0 Å². The number of allylic oxidation sites excluding steroid dienone is 1. The zero-order valence-corrected chi connectivity index (χ0v) is 24.7. The van der Waals surface area contributed by atoms with Gasteiger partial charge < -0.3 is 28.7 Å². The summed E-state index contributed by atoms with van der Waals surface area (Å²) >= 11 is 1.41. The molecule has 4 rings (SSSR count). The van der Waals surface area contributed by atoms with E-state index in [9.17, 15) is 14.4 Å². The summed E-state index contributed by atoms with van der Waals surface area (Å²) < 4.78 is 21.9. The van der Waals surface area contributed by atoms with Crippen LogP contribution < -0.4 is 9.47 Å². The van der Waals surface area contributed by atoms with Crippen molar-refractivity contribution in [2.24, 2.45) is 10.9 Å². The largest absolute Gasteiger partial charge is 0.497 e. The van der Waals surface area contributed by atoms with Gasteiger partial charge in [-0.05, 0) is 58.1 Å². The predicted octanol–water partition coefficient (Wildman–Crippen LogP) is 4.42. The molecule has 0 aliphatic carbocycles. The van der Waals surface area contributed by atoms with Gasteiger partial charge in [0.25, 0.3) is 0 Å². The van der Waals surface area contributed by atoms with Crippen LogP contribution in [0.5, 0.6) is 11.5 Å². The number of rotatable bonds is 9. The standard InChI is InChI=1S/C29H37N3O7S/c1-7-38-27(34)19-10-12-31(13-11-19)24(33)14-20-16-40-29-30-18(4)25(28(35)39-17(2)3)26(32(20)29)22-9-8-21(36-5)15-23(22)37-6/h8-9,15-17,19,26H,7,10-14H2,1-6H3. The first-order valence-corrected chi connectivity index (χ1v) is 14.4. The number of aliphatic imine (C=N–C) groups is 1. The van der Waals surface area contributed by atoms with Crippen LogP contribution in [0.1, 0.15) is 58.6 Å². The van der Waals surface area contributed by atoms with Gasteiger partial charge in [-0.25, -0.2) is 9.79 Å². The van der Waals surface area contributed by atoms with E-state index < -0.39 is 12.0 Å². The number of hydrogen-bond acceptors (Lipinski definition) is 10. The Hall–Kier alpha value is -3.47. The molecule has 0 spiro atoms. The number of fused-ring (bicyclic) bond motifs is 1. The molecule has 1 fully saturated rings. The van der Waals surface area contributed by atoms with Crippen LogP contribution in [0.25, 0.3) is 0 Å². The summed E-state index contributed by atoms with van der Waals surface area (Å²) in [5, 5.41) is 2.58. The smallest absolute Gasteiger partial charge is 0.338 e. The number of hydrogen-bond donors (Lipinski definition) is 0. The fourth-order valence-corrected chi connectivity index (χ4v) is 6.10. The first-order chi connectivity index (χ1) is 19.2. The quantitative estimate of drug-likeness (QED) is 0.398. The minimum atomic E-state index is -0.622. The average Bonchev–Trinajstić information content (AvgIpc) is 3.33. The van der Waals surface area contributed by atoms with Crippen molar-refractivity contribution in [2.45, 2.75) is 59.1 Å². The Labute approximate surface area is 239 Å². The normalized spacial score (nSPS) is 19.2. The molecule has 0 N–H and O–H groups in total. The Morgan fingerprint density at radius 1 is 1.12 bits per heavy atom. The number of thioether (sulfide) groups is 1. The summed E-state index contributed by atoms with van der Waals surface area (Å²) in [5.41, 5.74) is 2.39. The Balaban J connectivity index is 1.63. The van der Waals surface area contributed by atoms with Crippen molar-refractivity contribution in [1.29, 1.82) is 0 Å². The Morgan fingerprint density at radius 3 is 2.48 bits per heavy atom. The second-order valence-corrected chi connectivity index (χ2v) is 10.9. The number of methoxy groups -OCH3 is 2. The van der Waals surface area contributed by atoms with Gasteiger partial charge >= 0.3 is 11.9 Å². The lowest BCUT2D eigenvalue weighted by Gasteiger charge is -2.37. The third kappa shape index (κ3) is 6.14. The molecule has 1 aromatic carbocycles. The molecule has 1 unspecified atom stereocenters. The molecule has 3 aliphatic rings. The van der Waals surface area contributed by atoms with E-state index in [1.165, 1.54) is 11.8 Å². The number of amides is 1. The SMILES string of the molecule is CCOC(=O)C1CCN(C(=O)CC2=CSC3=NC(C)=C(C(=O)OC(C)C)C(c4ccc(OC)cc4OC)N23)CC1. The molecule has 1 saturated heterocycles. The van der Waals surface area contributed by atoms with E-state index >= 15 is 0 Å². The van der Waals surface area contributed by atoms with E-state index in [2.05, 4.69) is 0 Å². The van der Waals surface area contributed by atoms with Gasteiger partial charge in [0, 0.05) is 30.4 Å². The third-order valence-corrected chi connectivity index (χ3v) is 7.99. The topological polar surface area (TPSA) is 107 Å². The molecule has 0 aromatic heterocycles. The van der Waals surface area contributed by atoms with Crippen LogP contribution in [0, 0.1) is 5.92 Å². The highest BCUT2D eigenvalue weighted by atomic mass is 32.2. The van der Waals surface area contributed by atoms with Gasteiger partial charge in [0.05, 0.1) is 56.6 Å². The van der Waals surface area contributed by atoms with Crippen molar-refractivity contribution >= 4 is 34.8 Å². The first kappa shape index (κ1) is 29.5. The lowest BCUT2D eigenvalue weighted by atomic mass is 9.92. The summed E-state index contributed by atoms with van der Waals surface area (Å²) in [4.78, 5) is 47.5. The highest BCUT2D eigenvalue weighted by Gasteiger charge is 2.43. The van der Waals surface area contributed by atoms with Crippen molar-refractivity contribution in [1.82, 2.24) is 9.80 Å². The molecule has 0 saturated carbocycles. The summed E-state index contributed by atoms with van der Waals surface area (Å²) in [6.45, 7) is 8.52. The van der Waals surface area contributed by atoms with Gasteiger partial charge in [-0.1, -0.05) is 11.8 Å². The molecule has 10 nitrogen and oxygen atoms in total. The Morgan fingerprint density at radius 2 is 1.85 bits per heavy atom. The number of likely N-dealkylation sites (tertiary alicyclic amines) is 1. The van der Waals surface area contributed by atoms with Crippen LogP contribution in [0.3, 0.4) is 0 Å². The molecule has 1 aromatic rings. The van der Waals surface area contributed by atoms with Crippen LogP contribution >= 0.6 is 11.8 Å². The number of carbonyl (C=O) groups excluding carboxylic acids is 3. The van der Waals surface area contributed by atoms with E-state index in [1.807, 2.05) is 22.4 Å². The van der Waals surface area contributed by atoms with Gasteiger partial charge in [0.1, 0.15) is 11.5 Å². The highest BCUT2D eigenvalue weighted by molar-refractivity contribution is 8.16. The highest BCUT2D eigenvalue weighted by Crippen LogP contribution is 2.47. The van der Waals surface area contributed by atoms with E-state index in [0.29, 0.717) is 60.5 Å². The number of ether oxygens (including phenoxy) is 4. The number of carbonyl (C=O) groups is 3. The minimum Gasteiger partial charge on any atom is -0.497 e. The average molecular weight is 572 g/mol. The number of benzene rings is 1. The van der Waals surface area contributed by atoms with E-state index in [1.54, 1.807) is 52.9 Å². The fraction of sp³-hybridized carbons (Fsp3) is 0.517. The lowest BCUT2D eigenvalue weighted by Crippen LogP contribution is -2.42. The molecule has 11 heteroatoms. The van der Waals surface area contributed by atoms with Crippen LogP contribution in [-0.2, 0) is 23.9 Å². The van der Waals surface area contributed by atoms with E-state index in [-0.39, 0.29) is 30.3 Å². The summed E-state index contributed by atoms with van der Waals surface area (Å²) in [7, 11) is 3.14. The summed E-state index contributed by atoms with van der Waals surface area (Å²) in [6.07, 6.45) is 0.955. The van der Waals surface area contributed by atoms with Crippen LogP contribution in [-0.4, -0.2) is 72.8 Å². The summed E-state index contributed by atoms with van der Waals surface area (Å²) in [5.74, 6) is 0.260. The van der Waals surface area contributed by atoms with Crippen molar-refractivity contribution in [3.05, 3.63) is 46.1 Å². The van der Waals surface area contributed by atoms with Crippen LogP contribution in [0.2, 0.25) is 0 Å². The molecule has 0 bridgehead atoms.